The van der Waals surface area contributed by atoms with Crippen LogP contribution < -0.4 is 0 Å². The Morgan fingerprint density at radius 3 is 2.66 bits per heavy atom. The molecular weight excluding hydrogens is 408 g/mol. The number of hydrogen-bond acceptors (Lipinski definition) is 6. The maximum absolute atomic E-state index is 6.00. The molecule has 0 amide bonds. The van der Waals surface area contributed by atoms with Gasteiger partial charge in [-0.15, -0.1) is 11.8 Å². The molecule has 6 nitrogen and oxygen atoms in total. The summed E-state index contributed by atoms with van der Waals surface area (Å²) < 4.78 is 13.4. The molecule has 0 fully saturated rings. The number of benzene rings is 2. The van der Waals surface area contributed by atoms with Crippen molar-refractivity contribution in [3.8, 4) is 23.0 Å². The average molecular weight is 425 g/mol. The molecule has 1 aliphatic rings. The maximum atomic E-state index is 6.00. The molecule has 0 saturated carbocycles. The summed E-state index contributed by atoms with van der Waals surface area (Å²) in [6.07, 6.45) is 1.98. The van der Waals surface area contributed by atoms with Gasteiger partial charge in [0.05, 0.1) is 18.8 Å². The minimum Gasteiger partial charge on any atom is -0.365 e. The van der Waals surface area contributed by atoms with Crippen molar-refractivity contribution in [3.05, 3.63) is 70.9 Å². The van der Waals surface area contributed by atoms with Crippen LogP contribution >= 0.6 is 23.4 Å². The fraction of sp³-hybridized carbons (Fsp3) is 0.190. The predicted molar refractivity (Wildman–Crippen MR) is 112 cm³/mol. The van der Waals surface area contributed by atoms with E-state index in [4.69, 9.17) is 20.9 Å². The van der Waals surface area contributed by atoms with Crippen LogP contribution in [0.4, 0.5) is 0 Å². The molecule has 5 rings (SSSR count). The third-order valence-corrected chi connectivity index (χ3v) is 5.87. The van der Waals surface area contributed by atoms with Crippen molar-refractivity contribution < 1.29 is 9.26 Å². The molecule has 146 valence electrons. The standard InChI is InChI=1S/C21H17ClN4O2S/c1-29-17-8-4-14(5-9-17)20-23-21(28-25-20)18-10-16-12-27-19(11-26(16)24-18)13-2-6-15(22)7-3-13/h2-10,19H,11-12H2,1H3/t19-/m0/s1. The van der Waals surface area contributed by atoms with E-state index in [1.807, 2.05) is 65.5 Å². The van der Waals surface area contributed by atoms with E-state index in [0.717, 1.165) is 16.8 Å². The van der Waals surface area contributed by atoms with Gasteiger partial charge in [0, 0.05) is 15.5 Å². The lowest BCUT2D eigenvalue weighted by molar-refractivity contribution is -0.00112. The van der Waals surface area contributed by atoms with Gasteiger partial charge in [0.25, 0.3) is 5.89 Å². The summed E-state index contributed by atoms with van der Waals surface area (Å²) in [7, 11) is 0. The van der Waals surface area contributed by atoms with E-state index in [2.05, 4.69) is 15.2 Å². The Kier molecular flexibility index (Phi) is 4.87. The van der Waals surface area contributed by atoms with Crippen LogP contribution in [-0.4, -0.2) is 26.2 Å². The number of ether oxygens (including phenoxy) is 1. The van der Waals surface area contributed by atoms with Crippen LogP contribution in [0.2, 0.25) is 5.02 Å². The van der Waals surface area contributed by atoms with Crippen molar-refractivity contribution in [2.75, 3.05) is 6.26 Å². The monoisotopic (exact) mass is 424 g/mol. The van der Waals surface area contributed by atoms with E-state index in [9.17, 15) is 0 Å². The molecule has 0 radical (unpaired) electrons. The molecular formula is C21H17ClN4O2S. The number of thioether (sulfide) groups is 1. The van der Waals surface area contributed by atoms with Crippen molar-refractivity contribution in [3.63, 3.8) is 0 Å². The Balaban J connectivity index is 1.37. The van der Waals surface area contributed by atoms with E-state index in [0.29, 0.717) is 35.6 Å². The maximum Gasteiger partial charge on any atom is 0.278 e. The van der Waals surface area contributed by atoms with E-state index in [1.54, 1.807) is 11.8 Å². The highest BCUT2D eigenvalue weighted by atomic mass is 35.5. The highest BCUT2D eigenvalue weighted by Crippen LogP contribution is 2.30. The first kappa shape index (κ1) is 18.4. The fourth-order valence-electron chi connectivity index (χ4n) is 3.29. The Bertz CT molecular complexity index is 1140. The van der Waals surface area contributed by atoms with Crippen LogP contribution in [0.15, 0.2) is 64.0 Å². The smallest absolute Gasteiger partial charge is 0.278 e. The third-order valence-electron chi connectivity index (χ3n) is 4.87. The summed E-state index contributed by atoms with van der Waals surface area (Å²) >= 11 is 7.68. The average Bonchev–Trinajstić information content (AvgIpc) is 3.41. The third kappa shape index (κ3) is 3.69. The van der Waals surface area contributed by atoms with Gasteiger partial charge in [-0.1, -0.05) is 28.9 Å². The van der Waals surface area contributed by atoms with Gasteiger partial charge in [-0.2, -0.15) is 10.1 Å². The lowest BCUT2D eigenvalue weighted by Gasteiger charge is -2.24. The van der Waals surface area contributed by atoms with Crippen molar-refractivity contribution in [1.82, 2.24) is 19.9 Å². The minimum absolute atomic E-state index is 0.0688. The zero-order valence-electron chi connectivity index (χ0n) is 15.6. The largest absolute Gasteiger partial charge is 0.365 e. The molecule has 1 aliphatic heterocycles. The van der Waals surface area contributed by atoms with Crippen molar-refractivity contribution in [2.45, 2.75) is 24.2 Å². The van der Waals surface area contributed by atoms with Gasteiger partial charge in [0.2, 0.25) is 5.82 Å². The second-order valence-corrected chi connectivity index (χ2v) is 8.02. The van der Waals surface area contributed by atoms with E-state index in [1.165, 1.54) is 4.90 Å². The van der Waals surface area contributed by atoms with Crippen LogP contribution in [0.1, 0.15) is 17.4 Å². The van der Waals surface area contributed by atoms with Gasteiger partial charge in [0.1, 0.15) is 6.10 Å². The van der Waals surface area contributed by atoms with Crippen molar-refractivity contribution >= 4 is 23.4 Å². The van der Waals surface area contributed by atoms with Crippen molar-refractivity contribution in [2.24, 2.45) is 0 Å². The molecule has 0 spiro atoms. The Labute approximate surface area is 176 Å². The first-order valence-electron chi connectivity index (χ1n) is 9.12. The molecule has 2 aromatic carbocycles. The first-order valence-corrected chi connectivity index (χ1v) is 10.7. The number of fused-ring (bicyclic) bond motifs is 1. The zero-order valence-corrected chi connectivity index (χ0v) is 17.2. The second-order valence-electron chi connectivity index (χ2n) is 6.71. The number of hydrogen-bond donors (Lipinski definition) is 0. The minimum atomic E-state index is -0.0688. The summed E-state index contributed by atoms with van der Waals surface area (Å²) in [6.45, 7) is 1.09. The Hall–Kier alpha value is -2.61. The normalized spacial score (nSPS) is 16.0. The molecule has 0 saturated heterocycles. The van der Waals surface area contributed by atoms with Crippen LogP contribution in [-0.2, 0) is 17.9 Å². The second kappa shape index (κ2) is 7.67. The summed E-state index contributed by atoms with van der Waals surface area (Å²) in [5.41, 5.74) is 3.62. The lowest BCUT2D eigenvalue weighted by atomic mass is 10.1. The van der Waals surface area contributed by atoms with Crippen LogP contribution in [0.25, 0.3) is 23.0 Å². The molecule has 3 heterocycles. The topological polar surface area (TPSA) is 66.0 Å². The van der Waals surface area contributed by atoms with Crippen LogP contribution in [0.5, 0.6) is 0 Å². The van der Waals surface area contributed by atoms with E-state index < -0.39 is 0 Å². The quantitative estimate of drug-likeness (QED) is 0.417. The summed E-state index contributed by atoms with van der Waals surface area (Å²) in [6, 6.07) is 17.7. The van der Waals surface area contributed by atoms with E-state index in [-0.39, 0.29) is 6.10 Å². The van der Waals surface area contributed by atoms with E-state index >= 15 is 0 Å². The van der Waals surface area contributed by atoms with Crippen molar-refractivity contribution in [1.29, 1.82) is 0 Å². The summed E-state index contributed by atoms with van der Waals surface area (Å²) in [5.74, 6) is 0.952. The molecule has 4 aromatic rings. The molecule has 1 atom stereocenters. The highest BCUT2D eigenvalue weighted by molar-refractivity contribution is 7.98. The van der Waals surface area contributed by atoms with Crippen LogP contribution in [0, 0.1) is 0 Å². The molecule has 0 N–H and O–H groups in total. The number of nitrogens with zero attached hydrogens (tertiary/aromatic N) is 4. The number of halogens is 1. The van der Waals surface area contributed by atoms with Gasteiger partial charge >= 0.3 is 0 Å². The predicted octanol–water partition coefficient (Wildman–Crippen LogP) is 5.25. The van der Waals surface area contributed by atoms with Gasteiger partial charge < -0.3 is 9.26 Å². The van der Waals surface area contributed by atoms with Gasteiger partial charge in [0.15, 0.2) is 5.69 Å². The fourth-order valence-corrected chi connectivity index (χ4v) is 3.83. The Morgan fingerprint density at radius 2 is 1.90 bits per heavy atom. The SMILES string of the molecule is CSc1ccc(-c2noc(-c3cc4n(n3)C[C@@H](c3ccc(Cl)cc3)OC4)n2)cc1. The highest BCUT2D eigenvalue weighted by Gasteiger charge is 2.24. The zero-order chi connectivity index (χ0) is 19.8. The molecule has 0 aliphatic carbocycles. The summed E-state index contributed by atoms with van der Waals surface area (Å²) in [4.78, 5) is 5.71. The lowest BCUT2D eigenvalue weighted by Crippen LogP contribution is -2.21. The molecule has 2 aromatic heterocycles. The Morgan fingerprint density at radius 1 is 1.10 bits per heavy atom. The van der Waals surface area contributed by atoms with Gasteiger partial charge in [-0.3, -0.25) is 4.68 Å². The number of aromatic nitrogens is 4. The molecule has 8 heteroatoms. The van der Waals surface area contributed by atoms with Gasteiger partial charge in [-0.05, 0) is 54.3 Å². The van der Waals surface area contributed by atoms with Gasteiger partial charge in [-0.25, -0.2) is 0 Å². The first-order chi connectivity index (χ1) is 14.2. The number of rotatable bonds is 4. The summed E-state index contributed by atoms with van der Waals surface area (Å²) in [5, 5.41) is 9.48. The molecule has 29 heavy (non-hydrogen) atoms. The molecule has 0 bridgehead atoms. The van der Waals surface area contributed by atoms with Crippen LogP contribution in [0.3, 0.4) is 0 Å². The molecule has 0 unspecified atom stereocenters.